The third-order valence-corrected chi connectivity index (χ3v) is 3.51. The number of hydrogen-bond donors (Lipinski definition) is 1. The molecule has 2 rings (SSSR count). The Morgan fingerprint density at radius 3 is 2.86 bits per heavy atom. The third-order valence-electron chi connectivity index (χ3n) is 3.51. The van der Waals surface area contributed by atoms with Crippen molar-refractivity contribution < 1.29 is 19.2 Å². The highest BCUT2D eigenvalue weighted by Crippen LogP contribution is 2.21. The molecular formula is C14H24ClN3O4. The summed E-state index contributed by atoms with van der Waals surface area (Å²) in [5.74, 6) is 0.607. The highest BCUT2D eigenvalue weighted by molar-refractivity contribution is 5.85. The van der Waals surface area contributed by atoms with Gasteiger partial charge in [0, 0.05) is 6.61 Å². The lowest BCUT2D eigenvalue weighted by Gasteiger charge is -2.18. The van der Waals surface area contributed by atoms with E-state index in [2.05, 4.69) is 24.0 Å². The average molecular weight is 334 g/mol. The molecule has 1 aliphatic rings. The fraction of sp³-hybridized carbons (Fsp3) is 0.786. The van der Waals surface area contributed by atoms with Crippen LogP contribution < -0.4 is 0 Å². The molecule has 2 atom stereocenters. The molecule has 22 heavy (non-hydrogen) atoms. The molecule has 1 aromatic heterocycles. The van der Waals surface area contributed by atoms with Crippen LogP contribution in [-0.2, 0) is 16.1 Å². The molecule has 2 heterocycles. The van der Waals surface area contributed by atoms with Crippen LogP contribution >= 0.6 is 12.4 Å². The topological polar surface area (TPSA) is 88.7 Å². The number of aliphatic carboxylic acids is 1. The molecular weight excluding hydrogens is 310 g/mol. The minimum absolute atomic E-state index is 0. The average Bonchev–Trinajstić information content (AvgIpc) is 3.05. The van der Waals surface area contributed by atoms with Gasteiger partial charge in [0.15, 0.2) is 5.82 Å². The Morgan fingerprint density at radius 1 is 1.50 bits per heavy atom. The Labute approximate surface area is 136 Å². The maximum atomic E-state index is 11.1. The van der Waals surface area contributed by atoms with Gasteiger partial charge in [-0.25, -0.2) is 0 Å². The second kappa shape index (κ2) is 8.45. The summed E-state index contributed by atoms with van der Waals surface area (Å²) < 4.78 is 10.8. The summed E-state index contributed by atoms with van der Waals surface area (Å²) in [5.41, 5.74) is 0. The van der Waals surface area contributed by atoms with E-state index in [1.165, 1.54) is 0 Å². The number of likely N-dealkylation sites (tertiary alicyclic amines) is 1. The van der Waals surface area contributed by atoms with Crippen molar-refractivity contribution in [2.24, 2.45) is 5.92 Å². The highest BCUT2D eigenvalue weighted by atomic mass is 35.5. The Hall–Kier alpha value is -1.18. The minimum Gasteiger partial charge on any atom is -0.480 e. The van der Waals surface area contributed by atoms with Crippen LogP contribution in [0.4, 0.5) is 0 Å². The quantitative estimate of drug-likeness (QED) is 0.818. The maximum absolute atomic E-state index is 11.1. The summed E-state index contributed by atoms with van der Waals surface area (Å²) in [5, 5.41) is 13.1. The van der Waals surface area contributed by atoms with Crippen LogP contribution in [0.1, 0.15) is 51.4 Å². The van der Waals surface area contributed by atoms with E-state index in [0.29, 0.717) is 37.2 Å². The van der Waals surface area contributed by atoms with Gasteiger partial charge in [-0.15, -0.1) is 12.4 Å². The number of carboxylic acids is 1. The van der Waals surface area contributed by atoms with Crippen LogP contribution in [0, 0.1) is 5.92 Å². The third kappa shape index (κ3) is 4.93. The van der Waals surface area contributed by atoms with Gasteiger partial charge in [-0.3, -0.25) is 9.69 Å². The van der Waals surface area contributed by atoms with Gasteiger partial charge in [0.1, 0.15) is 12.1 Å². The molecule has 7 nitrogen and oxygen atoms in total. The van der Waals surface area contributed by atoms with Crippen molar-refractivity contribution in [2.75, 3.05) is 13.2 Å². The first-order chi connectivity index (χ1) is 9.97. The van der Waals surface area contributed by atoms with Crippen LogP contribution in [0.5, 0.6) is 0 Å². The van der Waals surface area contributed by atoms with E-state index in [9.17, 15) is 4.79 Å². The zero-order valence-electron chi connectivity index (χ0n) is 13.2. The smallest absolute Gasteiger partial charge is 0.320 e. The SMILES string of the molecule is CC(C)COC(C)c1noc(CN2CCCC2C(=O)O)n1.Cl. The molecule has 0 aliphatic carbocycles. The molecule has 0 radical (unpaired) electrons. The molecule has 1 saturated heterocycles. The van der Waals surface area contributed by atoms with Gasteiger partial charge >= 0.3 is 5.97 Å². The first-order valence-electron chi connectivity index (χ1n) is 7.38. The molecule has 0 amide bonds. The lowest BCUT2D eigenvalue weighted by Crippen LogP contribution is -2.35. The summed E-state index contributed by atoms with van der Waals surface area (Å²) in [6.07, 6.45) is 1.33. The molecule has 1 N–H and O–H groups in total. The first-order valence-corrected chi connectivity index (χ1v) is 7.38. The molecule has 0 spiro atoms. The predicted molar refractivity (Wildman–Crippen MR) is 81.8 cm³/mol. The molecule has 0 bridgehead atoms. The van der Waals surface area contributed by atoms with E-state index >= 15 is 0 Å². The highest BCUT2D eigenvalue weighted by Gasteiger charge is 2.31. The summed E-state index contributed by atoms with van der Waals surface area (Å²) in [6.45, 7) is 7.79. The van der Waals surface area contributed by atoms with Crippen molar-refractivity contribution >= 4 is 18.4 Å². The fourth-order valence-electron chi connectivity index (χ4n) is 2.38. The normalized spacial score (nSPS) is 20.1. The molecule has 1 aromatic rings. The Balaban J connectivity index is 0.00000242. The van der Waals surface area contributed by atoms with Gasteiger partial charge in [-0.1, -0.05) is 19.0 Å². The summed E-state index contributed by atoms with van der Waals surface area (Å²) in [4.78, 5) is 17.3. The van der Waals surface area contributed by atoms with Crippen molar-refractivity contribution in [1.29, 1.82) is 0 Å². The van der Waals surface area contributed by atoms with E-state index in [4.69, 9.17) is 14.4 Å². The molecule has 2 unspecified atom stereocenters. The lowest BCUT2D eigenvalue weighted by atomic mass is 10.2. The Morgan fingerprint density at radius 2 is 2.23 bits per heavy atom. The van der Waals surface area contributed by atoms with Gasteiger partial charge in [-0.2, -0.15) is 4.98 Å². The number of nitrogens with zero attached hydrogens (tertiary/aromatic N) is 3. The van der Waals surface area contributed by atoms with Crippen LogP contribution in [0.3, 0.4) is 0 Å². The monoisotopic (exact) mass is 333 g/mol. The van der Waals surface area contributed by atoms with E-state index in [0.717, 1.165) is 13.0 Å². The van der Waals surface area contributed by atoms with Gasteiger partial charge < -0.3 is 14.4 Å². The number of aromatic nitrogens is 2. The largest absolute Gasteiger partial charge is 0.480 e. The summed E-state index contributed by atoms with van der Waals surface area (Å²) in [7, 11) is 0. The van der Waals surface area contributed by atoms with Crippen molar-refractivity contribution in [3.05, 3.63) is 11.7 Å². The van der Waals surface area contributed by atoms with Gasteiger partial charge in [0.2, 0.25) is 5.89 Å². The predicted octanol–water partition coefficient (Wildman–Crippen LogP) is 2.27. The van der Waals surface area contributed by atoms with Crippen molar-refractivity contribution in [3.63, 3.8) is 0 Å². The van der Waals surface area contributed by atoms with Crippen LogP contribution in [0.2, 0.25) is 0 Å². The second-order valence-electron chi connectivity index (χ2n) is 5.88. The van der Waals surface area contributed by atoms with Crippen molar-refractivity contribution in [2.45, 2.75) is 52.3 Å². The van der Waals surface area contributed by atoms with Crippen LogP contribution in [0.25, 0.3) is 0 Å². The number of carbonyl (C=O) groups is 1. The molecule has 0 aromatic carbocycles. The van der Waals surface area contributed by atoms with Gasteiger partial charge in [0.25, 0.3) is 0 Å². The number of hydrogen-bond acceptors (Lipinski definition) is 6. The fourth-order valence-corrected chi connectivity index (χ4v) is 2.38. The Bertz CT molecular complexity index is 480. The molecule has 126 valence electrons. The molecule has 0 saturated carbocycles. The van der Waals surface area contributed by atoms with E-state index in [-0.39, 0.29) is 18.5 Å². The van der Waals surface area contributed by atoms with Crippen LogP contribution in [-0.4, -0.2) is 45.3 Å². The standard InChI is InChI=1S/C14H23N3O4.ClH/c1-9(2)8-20-10(3)13-15-12(21-16-13)7-17-6-4-5-11(17)14(18)19;/h9-11H,4-8H2,1-3H3,(H,18,19);1H. The van der Waals surface area contributed by atoms with E-state index < -0.39 is 12.0 Å². The second-order valence-corrected chi connectivity index (χ2v) is 5.88. The van der Waals surface area contributed by atoms with Crippen molar-refractivity contribution in [3.8, 4) is 0 Å². The maximum Gasteiger partial charge on any atom is 0.320 e. The minimum atomic E-state index is -0.791. The van der Waals surface area contributed by atoms with Crippen molar-refractivity contribution in [1.82, 2.24) is 15.0 Å². The van der Waals surface area contributed by atoms with Gasteiger partial charge in [-0.05, 0) is 32.2 Å². The molecule has 1 aliphatic heterocycles. The first kappa shape index (κ1) is 18.9. The van der Waals surface area contributed by atoms with Gasteiger partial charge in [0.05, 0.1) is 6.54 Å². The molecule has 1 fully saturated rings. The Kier molecular flexibility index (Phi) is 7.25. The number of rotatable bonds is 7. The summed E-state index contributed by atoms with van der Waals surface area (Å²) >= 11 is 0. The van der Waals surface area contributed by atoms with Crippen LogP contribution in [0.15, 0.2) is 4.52 Å². The number of carboxylic acid groups (broad SMARTS) is 1. The number of ether oxygens (including phenoxy) is 1. The molecule has 8 heteroatoms. The zero-order valence-corrected chi connectivity index (χ0v) is 14.0. The number of halogens is 1. The summed E-state index contributed by atoms with van der Waals surface area (Å²) in [6, 6.07) is -0.449. The van der Waals surface area contributed by atoms with E-state index in [1.807, 2.05) is 11.8 Å². The van der Waals surface area contributed by atoms with E-state index in [1.54, 1.807) is 0 Å². The lowest BCUT2D eigenvalue weighted by molar-refractivity contribution is -0.142. The zero-order chi connectivity index (χ0) is 15.4.